The quantitative estimate of drug-likeness (QED) is 0.822. The zero-order valence-corrected chi connectivity index (χ0v) is 14.2. The second-order valence-electron chi connectivity index (χ2n) is 5.25. The number of halogens is 1. The molecule has 2 aromatic rings. The smallest absolute Gasteiger partial charge is 0.259 e. The monoisotopic (exact) mass is 344 g/mol. The van der Waals surface area contributed by atoms with Gasteiger partial charge in [-0.15, -0.1) is 0 Å². The molecule has 1 aliphatic heterocycles. The fourth-order valence-electron chi connectivity index (χ4n) is 2.40. The second kappa shape index (κ2) is 7.66. The molecule has 3 rings (SSSR count). The van der Waals surface area contributed by atoms with Crippen molar-refractivity contribution in [2.45, 2.75) is 13.0 Å². The lowest BCUT2D eigenvalue weighted by atomic mass is 10.2. The zero-order valence-electron chi connectivity index (χ0n) is 12.6. The molecular weight excluding hydrogens is 328 g/mol. The maximum absolute atomic E-state index is 12.7. The lowest BCUT2D eigenvalue weighted by molar-refractivity contribution is 0.0849. The molecule has 1 saturated heterocycles. The normalized spacial score (nSPS) is 16.6. The topological polar surface area (TPSA) is 32.7 Å². The third-order valence-electron chi connectivity index (χ3n) is 3.54. The standard InChI is InChI=1S/C18H17ClN2OS/c19-16-9-4-8-15(12-16)17(22)21-10-5-11-23-18(21)20-13-14-6-2-1-3-7-14/h1-4,6-9,12H,5,10-11,13H2. The molecule has 118 valence electrons. The average Bonchev–Trinajstić information content (AvgIpc) is 2.60. The summed E-state index contributed by atoms with van der Waals surface area (Å²) in [5, 5.41) is 1.37. The van der Waals surface area contributed by atoms with Gasteiger partial charge in [0.25, 0.3) is 5.91 Å². The molecule has 0 bridgehead atoms. The molecule has 0 spiro atoms. The number of amidine groups is 1. The Morgan fingerprint density at radius 2 is 2.00 bits per heavy atom. The summed E-state index contributed by atoms with van der Waals surface area (Å²) in [5.74, 6) is 0.957. The van der Waals surface area contributed by atoms with Gasteiger partial charge in [0, 0.05) is 22.9 Å². The highest BCUT2D eigenvalue weighted by molar-refractivity contribution is 8.13. The third kappa shape index (κ3) is 4.15. The third-order valence-corrected chi connectivity index (χ3v) is 4.88. The van der Waals surface area contributed by atoms with Gasteiger partial charge >= 0.3 is 0 Å². The van der Waals surface area contributed by atoms with Crippen LogP contribution in [0, 0.1) is 0 Å². The fourth-order valence-corrected chi connectivity index (χ4v) is 3.53. The molecule has 0 N–H and O–H groups in total. The minimum absolute atomic E-state index is 0.0356. The number of aliphatic imine (C=N–C) groups is 1. The van der Waals surface area contributed by atoms with E-state index in [1.807, 2.05) is 30.3 Å². The van der Waals surface area contributed by atoms with E-state index in [4.69, 9.17) is 11.6 Å². The van der Waals surface area contributed by atoms with Gasteiger partial charge in [-0.05, 0) is 30.2 Å². The van der Waals surface area contributed by atoms with Crippen LogP contribution in [-0.4, -0.2) is 28.3 Å². The number of carbonyl (C=O) groups excluding carboxylic acids is 1. The van der Waals surface area contributed by atoms with Crippen LogP contribution in [0.1, 0.15) is 22.3 Å². The first-order chi connectivity index (χ1) is 11.2. The molecule has 0 aliphatic carbocycles. The Kier molecular flexibility index (Phi) is 5.36. The molecule has 0 radical (unpaired) electrons. The second-order valence-corrected chi connectivity index (χ2v) is 6.75. The van der Waals surface area contributed by atoms with E-state index >= 15 is 0 Å². The van der Waals surface area contributed by atoms with Crippen molar-refractivity contribution in [3.05, 3.63) is 70.7 Å². The molecule has 0 unspecified atom stereocenters. The molecule has 0 saturated carbocycles. The van der Waals surface area contributed by atoms with Crippen molar-refractivity contribution in [3.8, 4) is 0 Å². The largest absolute Gasteiger partial charge is 0.287 e. The van der Waals surface area contributed by atoms with Crippen molar-refractivity contribution < 1.29 is 4.79 Å². The zero-order chi connectivity index (χ0) is 16.1. The summed E-state index contributed by atoms with van der Waals surface area (Å²) >= 11 is 7.64. The Morgan fingerprint density at radius 3 is 2.78 bits per heavy atom. The lowest BCUT2D eigenvalue weighted by Crippen LogP contribution is -2.39. The Morgan fingerprint density at radius 1 is 1.17 bits per heavy atom. The van der Waals surface area contributed by atoms with E-state index < -0.39 is 0 Å². The van der Waals surface area contributed by atoms with Gasteiger partial charge in [-0.25, -0.2) is 0 Å². The number of amides is 1. The molecule has 2 aromatic carbocycles. The van der Waals surface area contributed by atoms with E-state index in [2.05, 4.69) is 4.99 Å². The summed E-state index contributed by atoms with van der Waals surface area (Å²) in [6.45, 7) is 1.29. The number of rotatable bonds is 3. The molecule has 1 fully saturated rings. The van der Waals surface area contributed by atoms with Gasteiger partial charge in [-0.1, -0.05) is 59.8 Å². The first-order valence-electron chi connectivity index (χ1n) is 7.52. The van der Waals surface area contributed by atoms with Crippen molar-refractivity contribution in [3.63, 3.8) is 0 Å². The average molecular weight is 345 g/mol. The Hall–Kier alpha value is -1.78. The molecule has 0 aromatic heterocycles. The number of nitrogens with zero attached hydrogens (tertiary/aromatic N) is 2. The first-order valence-corrected chi connectivity index (χ1v) is 8.89. The highest BCUT2D eigenvalue weighted by Gasteiger charge is 2.24. The first kappa shape index (κ1) is 16.1. The molecule has 1 aliphatic rings. The number of carbonyl (C=O) groups is 1. The van der Waals surface area contributed by atoms with Crippen molar-refractivity contribution in [2.24, 2.45) is 4.99 Å². The van der Waals surface area contributed by atoms with Crippen molar-refractivity contribution in [1.82, 2.24) is 4.90 Å². The van der Waals surface area contributed by atoms with E-state index in [1.165, 1.54) is 0 Å². The van der Waals surface area contributed by atoms with Crippen molar-refractivity contribution in [2.75, 3.05) is 12.3 Å². The molecule has 1 amide bonds. The summed E-state index contributed by atoms with van der Waals surface area (Å²) in [7, 11) is 0. The number of thioether (sulfide) groups is 1. The summed E-state index contributed by atoms with van der Waals surface area (Å²) in [4.78, 5) is 19.2. The maximum atomic E-state index is 12.7. The van der Waals surface area contributed by atoms with Crippen LogP contribution in [0.4, 0.5) is 0 Å². The van der Waals surface area contributed by atoms with Gasteiger partial charge in [0.15, 0.2) is 5.17 Å². The van der Waals surface area contributed by atoms with E-state index in [9.17, 15) is 4.79 Å². The maximum Gasteiger partial charge on any atom is 0.259 e. The molecule has 23 heavy (non-hydrogen) atoms. The number of hydrogen-bond acceptors (Lipinski definition) is 3. The Balaban J connectivity index is 1.79. The van der Waals surface area contributed by atoms with Crippen LogP contribution in [0.15, 0.2) is 59.6 Å². The fraction of sp³-hybridized carbons (Fsp3) is 0.222. The van der Waals surface area contributed by atoms with Crippen LogP contribution in [0.3, 0.4) is 0 Å². The van der Waals surface area contributed by atoms with Crippen LogP contribution in [-0.2, 0) is 6.54 Å². The Bertz CT molecular complexity index is 718. The van der Waals surface area contributed by atoms with Crippen LogP contribution in [0.2, 0.25) is 5.02 Å². The molecule has 3 nitrogen and oxygen atoms in total. The van der Waals surface area contributed by atoms with E-state index in [0.29, 0.717) is 23.7 Å². The van der Waals surface area contributed by atoms with Crippen molar-refractivity contribution >= 4 is 34.4 Å². The molecule has 1 heterocycles. The van der Waals surface area contributed by atoms with Crippen LogP contribution in [0.25, 0.3) is 0 Å². The van der Waals surface area contributed by atoms with Gasteiger partial charge in [0.05, 0.1) is 6.54 Å². The van der Waals surface area contributed by atoms with E-state index in [1.54, 1.807) is 40.9 Å². The predicted molar refractivity (Wildman–Crippen MR) is 97.1 cm³/mol. The Labute approximate surface area is 145 Å². The number of hydrogen-bond donors (Lipinski definition) is 0. The molecular formula is C18H17ClN2OS. The highest BCUT2D eigenvalue weighted by Crippen LogP contribution is 2.22. The predicted octanol–water partition coefficient (Wildman–Crippen LogP) is 4.48. The van der Waals surface area contributed by atoms with Gasteiger partial charge in [-0.2, -0.15) is 0 Å². The minimum atomic E-state index is -0.0356. The summed E-state index contributed by atoms with van der Waals surface area (Å²) in [6, 6.07) is 17.1. The molecule has 0 atom stereocenters. The SMILES string of the molecule is O=C(c1cccc(Cl)c1)N1CCCSC1=NCc1ccccc1. The van der Waals surface area contributed by atoms with Gasteiger partial charge in [-0.3, -0.25) is 14.7 Å². The highest BCUT2D eigenvalue weighted by atomic mass is 35.5. The summed E-state index contributed by atoms with van der Waals surface area (Å²) in [6.07, 6.45) is 0.974. The van der Waals surface area contributed by atoms with E-state index in [0.717, 1.165) is 22.9 Å². The van der Waals surface area contributed by atoms with Gasteiger partial charge in [0.2, 0.25) is 0 Å². The van der Waals surface area contributed by atoms with E-state index in [-0.39, 0.29) is 5.91 Å². The lowest BCUT2D eigenvalue weighted by Gasteiger charge is -2.28. The summed E-state index contributed by atoms with van der Waals surface area (Å²) < 4.78 is 0. The van der Waals surface area contributed by atoms with Gasteiger partial charge < -0.3 is 0 Å². The van der Waals surface area contributed by atoms with Crippen LogP contribution < -0.4 is 0 Å². The molecule has 5 heteroatoms. The van der Waals surface area contributed by atoms with Crippen LogP contribution >= 0.6 is 23.4 Å². The van der Waals surface area contributed by atoms with Crippen LogP contribution in [0.5, 0.6) is 0 Å². The number of benzene rings is 2. The van der Waals surface area contributed by atoms with Gasteiger partial charge in [0.1, 0.15) is 0 Å². The summed E-state index contributed by atoms with van der Waals surface area (Å²) in [5.41, 5.74) is 1.74. The van der Waals surface area contributed by atoms with Crippen molar-refractivity contribution in [1.29, 1.82) is 0 Å². The minimum Gasteiger partial charge on any atom is -0.287 e.